The molecule has 0 bridgehead atoms. The zero-order valence-electron chi connectivity index (χ0n) is 18.4. The summed E-state index contributed by atoms with van der Waals surface area (Å²) in [6, 6.07) is 18.7. The minimum Gasteiger partial charge on any atom is -0.494 e. The molecule has 0 unspecified atom stereocenters. The van der Waals surface area contributed by atoms with Gasteiger partial charge >= 0.3 is 5.91 Å². The van der Waals surface area contributed by atoms with Crippen LogP contribution in [0.3, 0.4) is 0 Å². The molecule has 0 spiro atoms. The molecule has 3 heterocycles. The summed E-state index contributed by atoms with van der Waals surface area (Å²) >= 11 is 1.81. The van der Waals surface area contributed by atoms with Crippen LogP contribution in [-0.4, -0.2) is 50.1 Å². The largest absolute Gasteiger partial charge is 0.494 e. The van der Waals surface area contributed by atoms with Gasteiger partial charge in [-0.25, -0.2) is 4.79 Å². The number of pyridine rings is 1. The van der Waals surface area contributed by atoms with Gasteiger partial charge in [-0.2, -0.15) is 0 Å². The molecule has 2 aromatic heterocycles. The van der Waals surface area contributed by atoms with Gasteiger partial charge in [0.05, 0.1) is 18.9 Å². The minimum absolute atomic E-state index is 0.0105. The molecule has 0 radical (unpaired) electrons. The predicted molar refractivity (Wildman–Crippen MR) is 131 cm³/mol. The third kappa shape index (κ3) is 4.33. The van der Waals surface area contributed by atoms with Crippen molar-refractivity contribution in [2.45, 2.75) is 13.3 Å². The van der Waals surface area contributed by atoms with Gasteiger partial charge in [-0.3, -0.25) is 4.90 Å². The number of anilines is 1. The van der Waals surface area contributed by atoms with Crippen LogP contribution >= 0.6 is 11.3 Å². The molecule has 2 aromatic carbocycles. The molecule has 1 saturated heterocycles. The molecule has 0 atom stereocenters. The fraction of sp³-hybridized carbons (Fsp3) is 0.308. The van der Waals surface area contributed by atoms with E-state index in [0.717, 1.165) is 55.8 Å². The van der Waals surface area contributed by atoms with E-state index in [1.807, 2.05) is 41.7 Å². The first-order chi connectivity index (χ1) is 15.7. The predicted octanol–water partition coefficient (Wildman–Crippen LogP) is 4.59. The standard InChI is InChI=1S/C26H28N3O2S/c1-20(30)29-12-3-5-21-19-22(8-9-24(21)29)31-17-4-11-27-13-15-28(16-14-27)25-6-2-7-26-23(25)10-18-32-26/h2-3,5-10,12,18-19H,4,11,13-17H2,1H3/q+1. The molecule has 5 rings (SSSR count). The summed E-state index contributed by atoms with van der Waals surface area (Å²) < 4.78 is 9.04. The monoisotopic (exact) mass is 446 g/mol. The highest BCUT2D eigenvalue weighted by atomic mass is 32.1. The maximum absolute atomic E-state index is 11.8. The number of carbonyl (C=O) groups excluding carboxylic acids is 1. The molecule has 0 saturated carbocycles. The van der Waals surface area contributed by atoms with Crippen LogP contribution in [0.5, 0.6) is 5.75 Å². The van der Waals surface area contributed by atoms with Crippen molar-refractivity contribution >= 4 is 43.9 Å². The Bertz CT molecular complexity index is 1240. The lowest BCUT2D eigenvalue weighted by molar-refractivity contribution is -0.544. The Hall–Kier alpha value is -2.96. The van der Waals surface area contributed by atoms with Crippen LogP contribution in [0.25, 0.3) is 21.0 Å². The molecule has 1 aliphatic heterocycles. The smallest absolute Gasteiger partial charge is 0.389 e. The van der Waals surface area contributed by atoms with Gasteiger partial charge in [-0.15, -0.1) is 15.9 Å². The summed E-state index contributed by atoms with van der Waals surface area (Å²) in [5.74, 6) is 0.865. The van der Waals surface area contributed by atoms with Crippen LogP contribution in [0.15, 0.2) is 66.2 Å². The van der Waals surface area contributed by atoms with Gasteiger partial charge in [0.15, 0.2) is 6.20 Å². The van der Waals surface area contributed by atoms with Gasteiger partial charge in [0, 0.05) is 60.6 Å². The number of benzene rings is 2. The molecule has 4 aromatic rings. The van der Waals surface area contributed by atoms with Crippen molar-refractivity contribution in [2.24, 2.45) is 0 Å². The highest BCUT2D eigenvalue weighted by Gasteiger charge is 2.19. The quantitative estimate of drug-likeness (QED) is 0.321. The normalized spacial score (nSPS) is 14.8. The Morgan fingerprint density at radius 2 is 1.94 bits per heavy atom. The van der Waals surface area contributed by atoms with Crippen LogP contribution in [-0.2, 0) is 0 Å². The number of nitrogens with zero attached hydrogens (tertiary/aromatic N) is 3. The number of fused-ring (bicyclic) bond motifs is 2. The van der Waals surface area contributed by atoms with E-state index >= 15 is 0 Å². The van der Waals surface area contributed by atoms with Crippen molar-refractivity contribution in [3.8, 4) is 5.75 Å². The van der Waals surface area contributed by atoms with Gasteiger partial charge in [0.2, 0.25) is 5.52 Å². The summed E-state index contributed by atoms with van der Waals surface area (Å²) in [5.41, 5.74) is 2.28. The van der Waals surface area contributed by atoms with Gasteiger partial charge in [-0.1, -0.05) is 6.07 Å². The fourth-order valence-electron chi connectivity index (χ4n) is 4.51. The number of thiophene rings is 1. The van der Waals surface area contributed by atoms with E-state index in [-0.39, 0.29) is 5.91 Å². The number of aromatic nitrogens is 1. The molecule has 6 heteroatoms. The minimum atomic E-state index is 0.0105. The Kier molecular flexibility index (Phi) is 6.06. The van der Waals surface area contributed by atoms with Gasteiger partial charge in [0.25, 0.3) is 0 Å². The second-order valence-corrected chi connectivity index (χ2v) is 9.21. The zero-order chi connectivity index (χ0) is 21.9. The molecule has 5 nitrogen and oxygen atoms in total. The summed E-state index contributed by atoms with van der Waals surface area (Å²) in [6.07, 6.45) is 2.80. The topological polar surface area (TPSA) is 36.7 Å². The van der Waals surface area contributed by atoms with Gasteiger partial charge < -0.3 is 9.64 Å². The van der Waals surface area contributed by atoms with Crippen molar-refractivity contribution in [3.63, 3.8) is 0 Å². The number of carbonyl (C=O) groups is 1. The van der Waals surface area contributed by atoms with Crippen LogP contribution in [0, 0.1) is 0 Å². The van der Waals surface area contributed by atoms with Crippen molar-refractivity contribution in [1.82, 2.24) is 4.90 Å². The first kappa shape index (κ1) is 20.9. The molecule has 1 fully saturated rings. The summed E-state index contributed by atoms with van der Waals surface area (Å²) in [6.45, 7) is 7.62. The molecule has 164 valence electrons. The lowest BCUT2D eigenvalue weighted by Gasteiger charge is -2.36. The second kappa shape index (κ2) is 9.27. The maximum Gasteiger partial charge on any atom is 0.389 e. The Labute approximate surface area is 192 Å². The highest BCUT2D eigenvalue weighted by molar-refractivity contribution is 7.17. The molecular weight excluding hydrogens is 418 g/mol. The molecule has 32 heavy (non-hydrogen) atoms. The van der Waals surface area contributed by atoms with E-state index in [1.165, 1.54) is 15.8 Å². The van der Waals surface area contributed by atoms with E-state index < -0.39 is 0 Å². The number of hydrogen-bond donors (Lipinski definition) is 0. The third-order valence-corrected chi connectivity index (χ3v) is 7.06. The number of ether oxygens (including phenoxy) is 1. The first-order valence-electron chi connectivity index (χ1n) is 11.2. The fourth-order valence-corrected chi connectivity index (χ4v) is 5.31. The van der Waals surface area contributed by atoms with Crippen molar-refractivity contribution in [3.05, 3.63) is 66.2 Å². The van der Waals surface area contributed by atoms with Crippen molar-refractivity contribution in [2.75, 3.05) is 44.2 Å². The van der Waals surface area contributed by atoms with Crippen molar-refractivity contribution < 1.29 is 14.1 Å². The molecule has 0 N–H and O–H groups in total. The lowest BCUT2D eigenvalue weighted by Crippen LogP contribution is -2.46. The van der Waals surface area contributed by atoms with E-state index in [0.29, 0.717) is 6.61 Å². The molecule has 0 amide bonds. The van der Waals surface area contributed by atoms with E-state index in [9.17, 15) is 4.79 Å². The molecule has 0 aliphatic carbocycles. The van der Waals surface area contributed by atoms with Gasteiger partial charge in [-0.05, 0) is 48.2 Å². The van der Waals surface area contributed by atoms with E-state index in [4.69, 9.17) is 4.74 Å². The first-order valence-corrected chi connectivity index (χ1v) is 12.1. The summed E-state index contributed by atoms with van der Waals surface area (Å²) in [7, 11) is 0. The van der Waals surface area contributed by atoms with Gasteiger partial charge in [0.1, 0.15) is 5.75 Å². The Balaban J connectivity index is 1.11. The summed E-state index contributed by atoms with van der Waals surface area (Å²) in [4.78, 5) is 16.8. The Morgan fingerprint density at radius 3 is 2.78 bits per heavy atom. The number of rotatable bonds is 6. The zero-order valence-corrected chi connectivity index (χ0v) is 19.2. The van der Waals surface area contributed by atoms with Crippen LogP contribution in [0.4, 0.5) is 5.69 Å². The van der Waals surface area contributed by atoms with Crippen LogP contribution < -0.4 is 14.2 Å². The highest BCUT2D eigenvalue weighted by Crippen LogP contribution is 2.31. The lowest BCUT2D eigenvalue weighted by atomic mass is 10.2. The SMILES string of the molecule is CC(=O)[n+]1cccc2cc(OCCCN3CCN(c4cccc5sccc45)CC3)ccc21. The average molecular weight is 447 g/mol. The van der Waals surface area contributed by atoms with E-state index in [2.05, 4.69) is 39.4 Å². The third-order valence-electron chi connectivity index (χ3n) is 6.18. The molecule has 1 aliphatic rings. The maximum atomic E-state index is 11.8. The van der Waals surface area contributed by atoms with E-state index in [1.54, 1.807) is 17.7 Å². The Morgan fingerprint density at radius 1 is 1.06 bits per heavy atom. The van der Waals surface area contributed by atoms with Crippen molar-refractivity contribution in [1.29, 1.82) is 0 Å². The second-order valence-electron chi connectivity index (χ2n) is 8.26. The number of hydrogen-bond acceptors (Lipinski definition) is 5. The average Bonchev–Trinajstić information content (AvgIpc) is 3.31. The van der Waals surface area contributed by atoms with Crippen LogP contribution in [0.1, 0.15) is 18.1 Å². The molecular formula is C26H28N3O2S+. The van der Waals surface area contributed by atoms with Crippen LogP contribution in [0.2, 0.25) is 0 Å². The number of piperazine rings is 1. The summed E-state index contributed by atoms with van der Waals surface area (Å²) in [5, 5.41) is 4.57.